The number of rotatable bonds is 5. The van der Waals surface area contributed by atoms with Crippen molar-refractivity contribution in [2.24, 2.45) is 7.05 Å². The molecule has 0 saturated carbocycles. The van der Waals surface area contributed by atoms with E-state index in [0.717, 1.165) is 33.9 Å². The van der Waals surface area contributed by atoms with Crippen LogP contribution in [0.5, 0.6) is 0 Å². The van der Waals surface area contributed by atoms with Gasteiger partial charge < -0.3 is 5.32 Å². The van der Waals surface area contributed by atoms with Crippen molar-refractivity contribution in [3.63, 3.8) is 0 Å². The molecule has 4 heterocycles. The summed E-state index contributed by atoms with van der Waals surface area (Å²) in [5.74, 6) is 0.906. The summed E-state index contributed by atoms with van der Waals surface area (Å²) in [5.41, 5.74) is 3.83. The number of pyridine rings is 2. The molecule has 4 aromatic heterocycles. The van der Waals surface area contributed by atoms with Crippen molar-refractivity contribution in [2.75, 3.05) is 6.54 Å². The van der Waals surface area contributed by atoms with Crippen molar-refractivity contribution in [1.29, 1.82) is 0 Å². The third-order valence-electron chi connectivity index (χ3n) is 4.84. The molecule has 1 N–H and O–H groups in total. The van der Waals surface area contributed by atoms with Gasteiger partial charge in [-0.1, -0.05) is 19.9 Å². The van der Waals surface area contributed by atoms with Crippen LogP contribution < -0.4 is 5.32 Å². The Hall–Kier alpha value is -3.29. The van der Waals surface area contributed by atoms with Crippen LogP contribution in [-0.4, -0.2) is 41.8 Å². The summed E-state index contributed by atoms with van der Waals surface area (Å²) >= 11 is 0. The first-order valence-corrected chi connectivity index (χ1v) is 9.36. The maximum Gasteiger partial charge on any atom is 0.252 e. The SMILES string of the molecule is Cc1nn(C)c2nc(C(C)C)cc(C(=O)NCCc3nnc4ccccn34)c12. The van der Waals surface area contributed by atoms with Gasteiger partial charge in [0.25, 0.3) is 5.91 Å². The highest BCUT2D eigenvalue weighted by atomic mass is 16.1. The monoisotopic (exact) mass is 377 g/mol. The lowest BCUT2D eigenvalue weighted by Crippen LogP contribution is -2.26. The maximum absolute atomic E-state index is 13.0. The largest absolute Gasteiger partial charge is 0.352 e. The Morgan fingerprint density at radius 1 is 1.25 bits per heavy atom. The summed E-state index contributed by atoms with van der Waals surface area (Å²) in [7, 11) is 1.85. The second-order valence-electron chi connectivity index (χ2n) is 7.21. The number of nitrogens with one attached hydrogen (secondary N) is 1. The van der Waals surface area contributed by atoms with E-state index >= 15 is 0 Å². The fraction of sp³-hybridized carbons (Fsp3) is 0.350. The summed E-state index contributed by atoms with van der Waals surface area (Å²) in [6.45, 7) is 6.50. The lowest BCUT2D eigenvalue weighted by atomic mass is 10.0. The third kappa shape index (κ3) is 3.11. The number of hydrogen-bond acceptors (Lipinski definition) is 5. The molecule has 4 rings (SSSR count). The van der Waals surface area contributed by atoms with Gasteiger partial charge in [0, 0.05) is 31.9 Å². The van der Waals surface area contributed by atoms with Crippen LogP contribution in [-0.2, 0) is 13.5 Å². The molecule has 8 heteroatoms. The Morgan fingerprint density at radius 3 is 2.86 bits per heavy atom. The summed E-state index contributed by atoms with van der Waals surface area (Å²) in [6.07, 6.45) is 2.51. The molecule has 144 valence electrons. The van der Waals surface area contributed by atoms with E-state index in [9.17, 15) is 4.79 Å². The number of hydrogen-bond donors (Lipinski definition) is 1. The molecular formula is C20H23N7O. The van der Waals surface area contributed by atoms with Crippen molar-refractivity contribution in [3.8, 4) is 0 Å². The molecule has 0 saturated heterocycles. The molecule has 4 aromatic rings. The van der Waals surface area contributed by atoms with Crippen LogP contribution >= 0.6 is 0 Å². The molecule has 0 atom stereocenters. The van der Waals surface area contributed by atoms with Gasteiger partial charge in [-0.05, 0) is 31.0 Å². The summed E-state index contributed by atoms with van der Waals surface area (Å²) in [5, 5.41) is 16.6. The van der Waals surface area contributed by atoms with Crippen LogP contribution in [0.3, 0.4) is 0 Å². The molecule has 0 unspecified atom stereocenters. The minimum absolute atomic E-state index is 0.126. The van der Waals surface area contributed by atoms with Gasteiger partial charge in [0.15, 0.2) is 11.3 Å². The molecule has 0 radical (unpaired) electrons. The van der Waals surface area contributed by atoms with Crippen LogP contribution in [0.25, 0.3) is 16.7 Å². The zero-order chi connectivity index (χ0) is 19.8. The number of aromatic nitrogens is 6. The highest BCUT2D eigenvalue weighted by Gasteiger charge is 2.19. The van der Waals surface area contributed by atoms with E-state index < -0.39 is 0 Å². The van der Waals surface area contributed by atoms with E-state index in [4.69, 9.17) is 4.98 Å². The van der Waals surface area contributed by atoms with Gasteiger partial charge in [-0.2, -0.15) is 5.10 Å². The average Bonchev–Trinajstić information content (AvgIpc) is 3.22. The van der Waals surface area contributed by atoms with Crippen molar-refractivity contribution < 1.29 is 4.79 Å². The second-order valence-corrected chi connectivity index (χ2v) is 7.21. The molecule has 28 heavy (non-hydrogen) atoms. The first kappa shape index (κ1) is 18.1. The van der Waals surface area contributed by atoms with Crippen LogP contribution in [0.4, 0.5) is 0 Å². The molecule has 0 spiro atoms. The van der Waals surface area contributed by atoms with E-state index in [-0.39, 0.29) is 11.8 Å². The average molecular weight is 377 g/mol. The lowest BCUT2D eigenvalue weighted by molar-refractivity contribution is 0.0955. The van der Waals surface area contributed by atoms with Crippen LogP contribution in [0.2, 0.25) is 0 Å². The van der Waals surface area contributed by atoms with E-state index in [1.807, 2.05) is 48.8 Å². The van der Waals surface area contributed by atoms with Crippen molar-refractivity contribution in [2.45, 2.75) is 33.1 Å². The predicted octanol–water partition coefficient (Wildman–Crippen LogP) is 2.42. The fourth-order valence-electron chi connectivity index (χ4n) is 3.38. The van der Waals surface area contributed by atoms with E-state index in [1.165, 1.54) is 0 Å². The standard InChI is InChI=1S/C20H23N7O/c1-12(2)15-11-14(18-13(3)25-26(4)19(18)22-15)20(28)21-9-8-17-24-23-16-7-5-6-10-27(16)17/h5-7,10-12H,8-9H2,1-4H3,(H,21,28). The molecular weight excluding hydrogens is 354 g/mol. The van der Waals surface area contributed by atoms with Gasteiger partial charge in [-0.15, -0.1) is 10.2 Å². The first-order valence-electron chi connectivity index (χ1n) is 9.36. The summed E-state index contributed by atoms with van der Waals surface area (Å²) in [4.78, 5) is 17.7. The van der Waals surface area contributed by atoms with Crippen molar-refractivity contribution >= 4 is 22.6 Å². The molecule has 0 aliphatic rings. The minimum Gasteiger partial charge on any atom is -0.352 e. The van der Waals surface area contributed by atoms with Crippen molar-refractivity contribution in [1.82, 2.24) is 34.7 Å². The Morgan fingerprint density at radius 2 is 2.07 bits per heavy atom. The molecule has 0 aromatic carbocycles. The molecule has 1 amide bonds. The predicted molar refractivity (Wildman–Crippen MR) is 106 cm³/mol. The fourth-order valence-corrected chi connectivity index (χ4v) is 3.38. The highest BCUT2D eigenvalue weighted by molar-refractivity contribution is 6.06. The Kier molecular flexibility index (Phi) is 4.54. The zero-order valence-electron chi connectivity index (χ0n) is 16.5. The van der Waals surface area contributed by atoms with Gasteiger partial charge in [-0.25, -0.2) is 4.98 Å². The van der Waals surface area contributed by atoms with Crippen LogP contribution in [0.1, 0.15) is 47.3 Å². The normalized spacial score (nSPS) is 11.6. The molecule has 0 bridgehead atoms. The smallest absolute Gasteiger partial charge is 0.252 e. The Bertz CT molecular complexity index is 1170. The van der Waals surface area contributed by atoms with Crippen LogP contribution in [0, 0.1) is 6.92 Å². The number of nitrogens with zero attached hydrogens (tertiary/aromatic N) is 6. The first-order chi connectivity index (χ1) is 13.5. The van der Waals surface area contributed by atoms with Gasteiger partial charge in [0.1, 0.15) is 5.82 Å². The molecule has 0 aliphatic heterocycles. The lowest BCUT2D eigenvalue weighted by Gasteiger charge is -2.10. The number of aryl methyl sites for hydroxylation is 2. The number of fused-ring (bicyclic) bond motifs is 2. The zero-order valence-corrected chi connectivity index (χ0v) is 16.5. The van der Waals surface area contributed by atoms with E-state index in [2.05, 4.69) is 34.5 Å². The maximum atomic E-state index is 13.0. The topological polar surface area (TPSA) is 90.0 Å². The van der Waals surface area contributed by atoms with E-state index in [0.29, 0.717) is 18.5 Å². The second kappa shape index (κ2) is 7.03. The van der Waals surface area contributed by atoms with Gasteiger partial charge in [-0.3, -0.25) is 13.9 Å². The summed E-state index contributed by atoms with van der Waals surface area (Å²) in [6, 6.07) is 7.64. The van der Waals surface area contributed by atoms with Gasteiger partial charge in [0.05, 0.1) is 16.6 Å². The van der Waals surface area contributed by atoms with Gasteiger partial charge in [0.2, 0.25) is 0 Å². The van der Waals surface area contributed by atoms with Gasteiger partial charge >= 0.3 is 0 Å². The Labute approximate surface area is 162 Å². The minimum atomic E-state index is -0.126. The number of amides is 1. The molecule has 0 fully saturated rings. The number of carbonyl (C=O) groups is 1. The van der Waals surface area contributed by atoms with E-state index in [1.54, 1.807) is 4.68 Å². The van der Waals surface area contributed by atoms with Crippen molar-refractivity contribution in [3.05, 3.63) is 53.2 Å². The third-order valence-corrected chi connectivity index (χ3v) is 4.84. The number of carbonyl (C=O) groups excluding carboxylic acids is 1. The Balaban J connectivity index is 1.58. The molecule has 8 nitrogen and oxygen atoms in total. The van der Waals surface area contributed by atoms with Crippen LogP contribution in [0.15, 0.2) is 30.5 Å². The highest BCUT2D eigenvalue weighted by Crippen LogP contribution is 2.24. The summed E-state index contributed by atoms with van der Waals surface area (Å²) < 4.78 is 3.66. The quantitative estimate of drug-likeness (QED) is 0.577. The molecule has 0 aliphatic carbocycles.